The second kappa shape index (κ2) is 6.52. The van der Waals surface area contributed by atoms with Crippen molar-refractivity contribution in [3.05, 3.63) is 59.9 Å². The minimum absolute atomic E-state index is 0.0224. The molecule has 0 fully saturated rings. The molecule has 0 saturated carbocycles. The predicted molar refractivity (Wildman–Crippen MR) is 92.0 cm³/mol. The van der Waals surface area contributed by atoms with Gasteiger partial charge in [-0.25, -0.2) is 4.98 Å². The van der Waals surface area contributed by atoms with Crippen molar-refractivity contribution in [3.8, 4) is 0 Å². The van der Waals surface area contributed by atoms with E-state index in [4.69, 9.17) is 5.73 Å². The quantitative estimate of drug-likeness (QED) is 0.710. The second-order valence-corrected chi connectivity index (χ2v) is 5.55. The molecule has 5 heteroatoms. The van der Waals surface area contributed by atoms with Crippen molar-refractivity contribution >= 4 is 22.6 Å². The van der Waals surface area contributed by atoms with E-state index < -0.39 is 0 Å². The second-order valence-electron chi connectivity index (χ2n) is 5.55. The number of para-hydroxylation sites is 1. The van der Waals surface area contributed by atoms with Gasteiger partial charge < -0.3 is 15.6 Å². The van der Waals surface area contributed by atoms with Crippen LogP contribution in [0.3, 0.4) is 0 Å². The molecule has 0 aliphatic carbocycles. The van der Waals surface area contributed by atoms with Crippen LogP contribution in [-0.4, -0.2) is 22.0 Å². The van der Waals surface area contributed by atoms with E-state index in [1.54, 1.807) is 0 Å². The zero-order valence-electron chi connectivity index (χ0n) is 13.1. The number of amides is 1. The summed E-state index contributed by atoms with van der Waals surface area (Å²) in [5, 5.41) is 2.96. The topological polar surface area (TPSA) is 72.9 Å². The van der Waals surface area contributed by atoms with E-state index in [1.807, 2.05) is 47.9 Å². The lowest BCUT2D eigenvalue weighted by molar-refractivity contribution is -0.121. The number of imidazole rings is 1. The van der Waals surface area contributed by atoms with Gasteiger partial charge in [0.05, 0.1) is 11.2 Å². The molecule has 1 heterocycles. The summed E-state index contributed by atoms with van der Waals surface area (Å²) in [6, 6.07) is 15.7. The van der Waals surface area contributed by atoms with E-state index in [0.717, 1.165) is 23.3 Å². The highest BCUT2D eigenvalue weighted by molar-refractivity contribution is 5.89. The van der Waals surface area contributed by atoms with Gasteiger partial charge in [0.25, 0.3) is 0 Å². The molecule has 3 N–H and O–H groups in total. The number of carbonyl (C=O) groups is 1. The summed E-state index contributed by atoms with van der Waals surface area (Å²) in [5.41, 5.74) is 9.42. The van der Waals surface area contributed by atoms with Crippen LogP contribution in [0.5, 0.6) is 0 Å². The fourth-order valence-corrected chi connectivity index (χ4v) is 2.67. The van der Waals surface area contributed by atoms with Crippen LogP contribution in [0.1, 0.15) is 11.4 Å². The number of aryl methyl sites for hydroxylation is 1. The van der Waals surface area contributed by atoms with E-state index >= 15 is 0 Å². The van der Waals surface area contributed by atoms with Crippen LogP contribution in [0, 0.1) is 6.92 Å². The number of nitrogens with two attached hydrogens (primary N) is 1. The van der Waals surface area contributed by atoms with Crippen molar-refractivity contribution in [1.82, 2.24) is 14.9 Å². The molecule has 0 aliphatic heterocycles. The lowest BCUT2D eigenvalue weighted by Crippen LogP contribution is -2.29. The zero-order chi connectivity index (χ0) is 16.2. The first-order valence-electron chi connectivity index (χ1n) is 7.67. The highest BCUT2D eigenvalue weighted by Crippen LogP contribution is 2.21. The molecule has 118 valence electrons. The number of fused-ring (bicyclic) bond motifs is 1. The standard InChI is InChI=1S/C18H20N4O/c1-13-21-18-15(19)8-5-9-16(18)22(13)12-17(23)20-11-10-14-6-3-2-4-7-14/h2-9H,10-12,19H2,1H3,(H,20,23). The van der Waals surface area contributed by atoms with Gasteiger partial charge in [-0.15, -0.1) is 0 Å². The van der Waals surface area contributed by atoms with Gasteiger partial charge >= 0.3 is 0 Å². The molecular formula is C18H20N4O. The summed E-state index contributed by atoms with van der Waals surface area (Å²) in [5.74, 6) is 0.766. The lowest BCUT2D eigenvalue weighted by Gasteiger charge is -2.08. The first kappa shape index (κ1) is 15.1. The van der Waals surface area contributed by atoms with E-state index in [2.05, 4.69) is 22.4 Å². The van der Waals surface area contributed by atoms with Crippen molar-refractivity contribution in [2.24, 2.45) is 0 Å². The molecule has 0 unspecified atom stereocenters. The fourth-order valence-electron chi connectivity index (χ4n) is 2.67. The van der Waals surface area contributed by atoms with Crippen LogP contribution in [0.15, 0.2) is 48.5 Å². The van der Waals surface area contributed by atoms with Crippen LogP contribution >= 0.6 is 0 Å². The molecule has 0 aliphatic rings. The Bertz CT molecular complexity index is 824. The third-order valence-corrected chi connectivity index (χ3v) is 3.88. The first-order chi connectivity index (χ1) is 11.1. The molecule has 3 rings (SSSR count). The van der Waals surface area contributed by atoms with Crippen LogP contribution in [0.25, 0.3) is 11.0 Å². The fraction of sp³-hybridized carbons (Fsp3) is 0.222. The Morgan fingerprint density at radius 3 is 2.74 bits per heavy atom. The number of hydrogen-bond acceptors (Lipinski definition) is 3. The van der Waals surface area contributed by atoms with Crippen molar-refractivity contribution in [3.63, 3.8) is 0 Å². The Hall–Kier alpha value is -2.82. The molecule has 0 radical (unpaired) electrons. The number of aromatic nitrogens is 2. The van der Waals surface area contributed by atoms with Crippen LogP contribution in [-0.2, 0) is 17.8 Å². The number of carbonyl (C=O) groups excluding carboxylic acids is 1. The minimum Gasteiger partial charge on any atom is -0.397 e. The maximum Gasteiger partial charge on any atom is 0.240 e. The summed E-state index contributed by atoms with van der Waals surface area (Å²) in [7, 11) is 0. The molecule has 0 bridgehead atoms. The van der Waals surface area contributed by atoms with Gasteiger partial charge in [-0.3, -0.25) is 4.79 Å². The van der Waals surface area contributed by atoms with Gasteiger partial charge in [0.1, 0.15) is 17.9 Å². The maximum atomic E-state index is 12.2. The number of nitrogen functional groups attached to an aromatic ring is 1. The predicted octanol–water partition coefficient (Wildman–Crippen LogP) is 2.29. The Morgan fingerprint density at radius 1 is 1.17 bits per heavy atom. The van der Waals surface area contributed by atoms with Crippen molar-refractivity contribution in [2.45, 2.75) is 19.9 Å². The number of nitrogens with zero attached hydrogens (tertiary/aromatic N) is 2. The molecule has 1 amide bonds. The summed E-state index contributed by atoms with van der Waals surface area (Å²) < 4.78 is 1.89. The third kappa shape index (κ3) is 3.34. The normalized spacial score (nSPS) is 10.8. The van der Waals surface area contributed by atoms with Crippen LogP contribution in [0.4, 0.5) is 5.69 Å². The maximum absolute atomic E-state index is 12.2. The van der Waals surface area contributed by atoms with Crippen LogP contribution in [0.2, 0.25) is 0 Å². The zero-order valence-corrected chi connectivity index (χ0v) is 13.1. The number of hydrogen-bond donors (Lipinski definition) is 2. The highest BCUT2D eigenvalue weighted by atomic mass is 16.1. The molecular weight excluding hydrogens is 288 g/mol. The average Bonchev–Trinajstić information content (AvgIpc) is 2.86. The van der Waals surface area contributed by atoms with Crippen molar-refractivity contribution in [1.29, 1.82) is 0 Å². The van der Waals surface area contributed by atoms with Gasteiger partial charge in [0.15, 0.2) is 0 Å². The van der Waals surface area contributed by atoms with Crippen molar-refractivity contribution in [2.75, 3.05) is 12.3 Å². The number of nitrogens with one attached hydrogen (secondary N) is 1. The van der Waals surface area contributed by atoms with Gasteiger partial charge in [0.2, 0.25) is 5.91 Å². The minimum atomic E-state index is -0.0224. The molecule has 0 saturated heterocycles. The molecule has 0 spiro atoms. The van der Waals surface area contributed by atoms with Gasteiger partial charge in [-0.05, 0) is 31.0 Å². The molecule has 2 aromatic carbocycles. The van der Waals surface area contributed by atoms with Gasteiger partial charge in [-0.1, -0.05) is 36.4 Å². The monoisotopic (exact) mass is 308 g/mol. The van der Waals surface area contributed by atoms with Crippen LogP contribution < -0.4 is 11.1 Å². The Morgan fingerprint density at radius 2 is 1.96 bits per heavy atom. The SMILES string of the molecule is Cc1nc2c(N)cccc2n1CC(=O)NCCc1ccccc1. The Labute approximate surface area is 135 Å². The average molecular weight is 308 g/mol. The summed E-state index contributed by atoms with van der Waals surface area (Å²) in [4.78, 5) is 16.6. The number of rotatable bonds is 5. The van der Waals surface area contributed by atoms with E-state index in [1.165, 1.54) is 5.56 Å². The molecule has 0 atom stereocenters. The van der Waals surface area contributed by atoms with E-state index in [0.29, 0.717) is 12.2 Å². The van der Waals surface area contributed by atoms with Gasteiger partial charge in [0, 0.05) is 6.54 Å². The molecule has 3 aromatic rings. The smallest absolute Gasteiger partial charge is 0.240 e. The third-order valence-electron chi connectivity index (χ3n) is 3.88. The van der Waals surface area contributed by atoms with E-state index in [-0.39, 0.29) is 12.5 Å². The molecule has 1 aromatic heterocycles. The summed E-state index contributed by atoms with van der Waals surface area (Å²) in [6.07, 6.45) is 0.823. The lowest BCUT2D eigenvalue weighted by atomic mass is 10.1. The molecule has 5 nitrogen and oxygen atoms in total. The Balaban J connectivity index is 1.64. The van der Waals surface area contributed by atoms with Gasteiger partial charge in [-0.2, -0.15) is 0 Å². The highest BCUT2D eigenvalue weighted by Gasteiger charge is 2.12. The van der Waals surface area contributed by atoms with E-state index in [9.17, 15) is 4.79 Å². The largest absolute Gasteiger partial charge is 0.397 e. The number of anilines is 1. The number of benzene rings is 2. The first-order valence-corrected chi connectivity index (χ1v) is 7.67. The summed E-state index contributed by atoms with van der Waals surface area (Å²) >= 11 is 0. The van der Waals surface area contributed by atoms with Crippen molar-refractivity contribution < 1.29 is 4.79 Å². The molecule has 23 heavy (non-hydrogen) atoms. The Kier molecular flexibility index (Phi) is 4.28. The summed E-state index contributed by atoms with van der Waals surface area (Å²) in [6.45, 7) is 2.76.